The highest BCUT2D eigenvalue weighted by atomic mass is 15.2. The molecular formula is C14H22N2. The molecular weight excluding hydrogens is 196 g/mol. The van der Waals surface area contributed by atoms with Crippen LogP contribution in [0, 0.1) is 12.8 Å². The largest absolute Gasteiger partial charge is 0.368 e. The minimum atomic E-state index is 0.664. The van der Waals surface area contributed by atoms with Gasteiger partial charge >= 0.3 is 0 Å². The summed E-state index contributed by atoms with van der Waals surface area (Å²) in [5.74, 6) is 0.695. The maximum atomic E-state index is 5.80. The predicted molar refractivity (Wildman–Crippen MR) is 69.8 cm³/mol. The molecule has 0 bridgehead atoms. The molecule has 0 amide bonds. The van der Waals surface area contributed by atoms with Crippen LogP contribution in [0.2, 0.25) is 0 Å². The SMILES string of the molecule is CCN(c1cccc(C)c1)C1CCC1CN. The van der Waals surface area contributed by atoms with Gasteiger partial charge in [0.15, 0.2) is 0 Å². The zero-order chi connectivity index (χ0) is 11.5. The Bertz CT molecular complexity index is 346. The van der Waals surface area contributed by atoms with Crippen LogP contribution in [0.3, 0.4) is 0 Å². The highest BCUT2D eigenvalue weighted by molar-refractivity contribution is 5.49. The fourth-order valence-corrected chi connectivity index (χ4v) is 2.65. The van der Waals surface area contributed by atoms with E-state index in [0.29, 0.717) is 12.0 Å². The molecule has 1 saturated carbocycles. The van der Waals surface area contributed by atoms with E-state index in [0.717, 1.165) is 13.1 Å². The van der Waals surface area contributed by atoms with E-state index in [1.807, 2.05) is 0 Å². The number of benzene rings is 1. The van der Waals surface area contributed by atoms with Gasteiger partial charge in [-0.25, -0.2) is 0 Å². The number of aryl methyl sites for hydroxylation is 1. The Balaban J connectivity index is 2.16. The number of hydrogen-bond donors (Lipinski definition) is 1. The summed E-state index contributed by atoms with van der Waals surface area (Å²) in [6.45, 7) is 6.28. The molecule has 0 saturated heterocycles. The van der Waals surface area contributed by atoms with E-state index >= 15 is 0 Å². The minimum Gasteiger partial charge on any atom is -0.368 e. The van der Waals surface area contributed by atoms with Crippen molar-refractivity contribution >= 4 is 5.69 Å². The van der Waals surface area contributed by atoms with Crippen molar-refractivity contribution in [2.45, 2.75) is 32.7 Å². The first kappa shape index (κ1) is 11.5. The Labute approximate surface area is 98.4 Å². The Morgan fingerprint density at radius 3 is 2.69 bits per heavy atom. The topological polar surface area (TPSA) is 29.3 Å². The van der Waals surface area contributed by atoms with Crippen molar-refractivity contribution in [3.8, 4) is 0 Å². The Hall–Kier alpha value is -1.02. The van der Waals surface area contributed by atoms with Crippen LogP contribution in [-0.4, -0.2) is 19.1 Å². The van der Waals surface area contributed by atoms with Crippen LogP contribution >= 0.6 is 0 Å². The number of rotatable bonds is 4. The lowest BCUT2D eigenvalue weighted by molar-refractivity contribution is 0.251. The van der Waals surface area contributed by atoms with Gasteiger partial charge in [-0.15, -0.1) is 0 Å². The van der Waals surface area contributed by atoms with E-state index in [1.165, 1.54) is 24.1 Å². The van der Waals surface area contributed by atoms with Crippen LogP contribution in [-0.2, 0) is 0 Å². The third-order valence-electron chi connectivity index (χ3n) is 3.75. The van der Waals surface area contributed by atoms with E-state index in [9.17, 15) is 0 Å². The van der Waals surface area contributed by atoms with Crippen LogP contribution in [0.1, 0.15) is 25.3 Å². The first-order valence-corrected chi connectivity index (χ1v) is 6.29. The fourth-order valence-electron chi connectivity index (χ4n) is 2.65. The molecule has 0 aliphatic heterocycles. The van der Waals surface area contributed by atoms with Crippen molar-refractivity contribution in [1.29, 1.82) is 0 Å². The van der Waals surface area contributed by atoms with Gasteiger partial charge in [-0.2, -0.15) is 0 Å². The number of nitrogens with two attached hydrogens (primary N) is 1. The van der Waals surface area contributed by atoms with Gasteiger partial charge in [0.05, 0.1) is 0 Å². The highest BCUT2D eigenvalue weighted by Crippen LogP contribution is 2.34. The maximum absolute atomic E-state index is 5.80. The van der Waals surface area contributed by atoms with Crippen molar-refractivity contribution in [3.63, 3.8) is 0 Å². The zero-order valence-electron chi connectivity index (χ0n) is 10.3. The highest BCUT2D eigenvalue weighted by Gasteiger charge is 2.33. The summed E-state index contributed by atoms with van der Waals surface area (Å²) in [5.41, 5.74) is 8.48. The predicted octanol–water partition coefficient (Wildman–Crippen LogP) is 2.56. The summed E-state index contributed by atoms with van der Waals surface area (Å²) in [4.78, 5) is 2.51. The van der Waals surface area contributed by atoms with Crippen LogP contribution < -0.4 is 10.6 Å². The molecule has 0 spiro atoms. The second-order valence-electron chi connectivity index (χ2n) is 4.77. The van der Waals surface area contributed by atoms with Gasteiger partial charge in [0, 0.05) is 18.3 Å². The number of hydrogen-bond acceptors (Lipinski definition) is 2. The fraction of sp³-hybridized carbons (Fsp3) is 0.571. The average Bonchev–Trinajstić information content (AvgIpc) is 2.24. The molecule has 1 aliphatic rings. The first-order chi connectivity index (χ1) is 7.76. The van der Waals surface area contributed by atoms with Crippen molar-refractivity contribution in [3.05, 3.63) is 29.8 Å². The van der Waals surface area contributed by atoms with Crippen molar-refractivity contribution < 1.29 is 0 Å². The van der Waals surface area contributed by atoms with Crippen LogP contribution in [0.4, 0.5) is 5.69 Å². The molecule has 16 heavy (non-hydrogen) atoms. The Kier molecular flexibility index (Phi) is 3.49. The molecule has 2 rings (SSSR count). The molecule has 0 radical (unpaired) electrons. The van der Waals surface area contributed by atoms with E-state index < -0.39 is 0 Å². The summed E-state index contributed by atoms with van der Waals surface area (Å²) in [5, 5.41) is 0. The molecule has 1 aliphatic carbocycles. The van der Waals surface area contributed by atoms with Crippen molar-refractivity contribution in [2.24, 2.45) is 11.7 Å². The molecule has 1 fully saturated rings. The number of nitrogens with zero attached hydrogens (tertiary/aromatic N) is 1. The summed E-state index contributed by atoms with van der Waals surface area (Å²) >= 11 is 0. The normalized spacial score (nSPS) is 23.9. The van der Waals surface area contributed by atoms with Crippen LogP contribution in [0.25, 0.3) is 0 Å². The zero-order valence-corrected chi connectivity index (χ0v) is 10.3. The lowest BCUT2D eigenvalue weighted by Gasteiger charge is -2.45. The van der Waals surface area contributed by atoms with Gasteiger partial charge in [0.1, 0.15) is 0 Å². The van der Waals surface area contributed by atoms with E-state index in [-0.39, 0.29) is 0 Å². The molecule has 2 nitrogen and oxygen atoms in total. The minimum absolute atomic E-state index is 0.664. The summed E-state index contributed by atoms with van der Waals surface area (Å²) in [7, 11) is 0. The second kappa shape index (κ2) is 4.88. The van der Waals surface area contributed by atoms with Crippen molar-refractivity contribution in [1.82, 2.24) is 0 Å². The lowest BCUT2D eigenvalue weighted by Crippen LogP contribution is -2.50. The Morgan fingerprint density at radius 1 is 1.38 bits per heavy atom. The second-order valence-corrected chi connectivity index (χ2v) is 4.77. The molecule has 0 heterocycles. The quantitative estimate of drug-likeness (QED) is 0.841. The molecule has 2 unspecified atom stereocenters. The summed E-state index contributed by atoms with van der Waals surface area (Å²) in [6, 6.07) is 9.44. The third kappa shape index (κ3) is 2.07. The van der Waals surface area contributed by atoms with Gasteiger partial charge in [0.25, 0.3) is 0 Å². The Morgan fingerprint density at radius 2 is 2.19 bits per heavy atom. The molecule has 88 valence electrons. The van der Waals surface area contributed by atoms with Gasteiger partial charge in [-0.05, 0) is 56.8 Å². The molecule has 2 heteroatoms. The van der Waals surface area contributed by atoms with Gasteiger partial charge in [-0.1, -0.05) is 12.1 Å². The average molecular weight is 218 g/mol. The van der Waals surface area contributed by atoms with E-state index in [2.05, 4.69) is 43.0 Å². The monoisotopic (exact) mass is 218 g/mol. The van der Waals surface area contributed by atoms with Crippen LogP contribution in [0.15, 0.2) is 24.3 Å². The molecule has 2 N–H and O–H groups in total. The van der Waals surface area contributed by atoms with E-state index in [4.69, 9.17) is 5.73 Å². The molecule has 2 atom stereocenters. The lowest BCUT2D eigenvalue weighted by atomic mass is 9.78. The molecule has 1 aromatic carbocycles. The van der Waals surface area contributed by atoms with Gasteiger partial charge in [0.2, 0.25) is 0 Å². The first-order valence-electron chi connectivity index (χ1n) is 6.29. The molecule has 1 aromatic rings. The van der Waals surface area contributed by atoms with Gasteiger partial charge in [-0.3, -0.25) is 0 Å². The van der Waals surface area contributed by atoms with Gasteiger partial charge < -0.3 is 10.6 Å². The molecule has 0 aromatic heterocycles. The smallest absolute Gasteiger partial charge is 0.0371 e. The van der Waals surface area contributed by atoms with E-state index in [1.54, 1.807) is 0 Å². The summed E-state index contributed by atoms with van der Waals surface area (Å²) in [6.07, 6.45) is 2.59. The number of anilines is 1. The third-order valence-corrected chi connectivity index (χ3v) is 3.75. The maximum Gasteiger partial charge on any atom is 0.0371 e. The summed E-state index contributed by atoms with van der Waals surface area (Å²) < 4.78 is 0. The van der Waals surface area contributed by atoms with Crippen molar-refractivity contribution in [2.75, 3.05) is 18.0 Å². The standard InChI is InChI=1S/C14H22N2/c1-3-16(14-8-7-12(14)10-15)13-6-4-5-11(2)9-13/h4-6,9,12,14H,3,7-8,10,15H2,1-2H3. The van der Waals surface area contributed by atoms with Crippen LogP contribution in [0.5, 0.6) is 0 Å².